The summed E-state index contributed by atoms with van der Waals surface area (Å²) in [6.07, 6.45) is 3.60. The van der Waals surface area contributed by atoms with Crippen LogP contribution in [-0.2, 0) is 14.3 Å². The third kappa shape index (κ3) is 4.84. The monoisotopic (exact) mass is 421 g/mol. The first-order chi connectivity index (χ1) is 13.4. The van der Waals surface area contributed by atoms with Gasteiger partial charge in [0.05, 0.1) is 5.75 Å². The predicted molar refractivity (Wildman–Crippen MR) is 113 cm³/mol. The van der Waals surface area contributed by atoms with Crippen molar-refractivity contribution in [3.63, 3.8) is 0 Å². The number of likely N-dealkylation sites (tertiary alicyclic amines) is 1. The molecule has 8 heteroatoms. The zero-order chi connectivity index (χ0) is 20.3. The van der Waals surface area contributed by atoms with Crippen LogP contribution in [0.1, 0.15) is 48.9 Å². The van der Waals surface area contributed by atoms with Crippen molar-refractivity contribution >= 4 is 45.2 Å². The van der Waals surface area contributed by atoms with Gasteiger partial charge in [-0.25, -0.2) is 9.97 Å². The maximum Gasteiger partial charge on any atom is 0.317 e. The number of thiophene rings is 1. The van der Waals surface area contributed by atoms with Crippen molar-refractivity contribution in [2.75, 3.05) is 18.8 Å². The third-order valence-corrected chi connectivity index (χ3v) is 7.06. The van der Waals surface area contributed by atoms with Crippen LogP contribution >= 0.6 is 23.1 Å². The minimum absolute atomic E-state index is 0.0928. The molecule has 3 heterocycles. The molecule has 2 aromatic rings. The second-order valence-corrected chi connectivity index (χ2v) is 9.37. The Hall–Kier alpha value is -1.67. The summed E-state index contributed by atoms with van der Waals surface area (Å²) < 4.78 is 5.41. The van der Waals surface area contributed by atoms with Crippen LogP contribution in [0.2, 0.25) is 0 Å². The van der Waals surface area contributed by atoms with Crippen LogP contribution in [0.15, 0.2) is 5.03 Å². The molecule has 0 spiro atoms. The number of ether oxygens (including phenoxy) is 1. The van der Waals surface area contributed by atoms with Crippen molar-refractivity contribution < 1.29 is 14.3 Å². The molecule has 0 bridgehead atoms. The Morgan fingerprint density at radius 2 is 1.82 bits per heavy atom. The number of nitrogens with zero attached hydrogens (tertiary/aromatic N) is 3. The summed E-state index contributed by atoms with van der Waals surface area (Å²) in [4.78, 5) is 37.9. The molecule has 0 unspecified atom stereocenters. The van der Waals surface area contributed by atoms with Gasteiger partial charge < -0.3 is 9.64 Å². The fourth-order valence-electron chi connectivity index (χ4n) is 3.38. The molecule has 1 aliphatic rings. The molecule has 6 nitrogen and oxygen atoms in total. The van der Waals surface area contributed by atoms with Gasteiger partial charge in [-0.3, -0.25) is 9.59 Å². The van der Waals surface area contributed by atoms with Crippen molar-refractivity contribution in [1.82, 2.24) is 14.9 Å². The quantitative estimate of drug-likeness (QED) is 0.412. The van der Waals surface area contributed by atoms with E-state index in [1.807, 2.05) is 11.8 Å². The van der Waals surface area contributed by atoms with Gasteiger partial charge in [0.25, 0.3) is 5.91 Å². The highest BCUT2D eigenvalue weighted by atomic mass is 32.2. The highest BCUT2D eigenvalue weighted by Gasteiger charge is 2.25. The van der Waals surface area contributed by atoms with Crippen molar-refractivity contribution in [1.29, 1.82) is 0 Å². The largest absolute Gasteiger partial charge is 0.452 e. The van der Waals surface area contributed by atoms with Gasteiger partial charge in [0.15, 0.2) is 6.10 Å². The van der Waals surface area contributed by atoms with E-state index in [1.54, 1.807) is 18.3 Å². The van der Waals surface area contributed by atoms with E-state index < -0.39 is 12.1 Å². The van der Waals surface area contributed by atoms with E-state index in [1.165, 1.54) is 16.6 Å². The van der Waals surface area contributed by atoms with Crippen molar-refractivity contribution in [2.45, 2.75) is 64.5 Å². The van der Waals surface area contributed by atoms with Crippen molar-refractivity contribution in [3.8, 4) is 0 Å². The molecule has 28 heavy (non-hydrogen) atoms. The van der Waals surface area contributed by atoms with Crippen LogP contribution < -0.4 is 0 Å². The summed E-state index contributed by atoms with van der Waals surface area (Å²) in [5.74, 6) is 0.325. The fourth-order valence-corrected chi connectivity index (χ4v) is 5.43. The lowest BCUT2D eigenvalue weighted by atomic mass is 10.2. The number of aromatic nitrogens is 2. The Bertz CT molecular complexity index is 873. The zero-order valence-corrected chi connectivity index (χ0v) is 18.5. The van der Waals surface area contributed by atoms with E-state index in [-0.39, 0.29) is 11.7 Å². The number of amides is 1. The number of rotatable bonds is 5. The molecule has 1 fully saturated rings. The van der Waals surface area contributed by atoms with Gasteiger partial charge >= 0.3 is 5.97 Å². The first kappa shape index (κ1) is 21.0. The molecule has 1 saturated heterocycles. The maximum absolute atomic E-state index is 12.6. The Morgan fingerprint density at radius 3 is 2.50 bits per heavy atom. The number of hydrogen-bond acceptors (Lipinski definition) is 7. The Kier molecular flexibility index (Phi) is 6.93. The van der Waals surface area contributed by atoms with Crippen molar-refractivity contribution in [2.24, 2.45) is 0 Å². The van der Waals surface area contributed by atoms with E-state index in [0.29, 0.717) is 5.82 Å². The van der Waals surface area contributed by atoms with Gasteiger partial charge in [-0.2, -0.15) is 0 Å². The first-order valence-electron chi connectivity index (χ1n) is 9.72. The lowest BCUT2D eigenvalue weighted by Crippen LogP contribution is -2.40. The number of aryl methyl sites for hydroxylation is 3. The second kappa shape index (κ2) is 9.22. The molecule has 3 rings (SSSR count). The molecule has 0 aromatic carbocycles. The van der Waals surface area contributed by atoms with Crippen molar-refractivity contribution in [3.05, 3.63) is 16.3 Å². The van der Waals surface area contributed by atoms with E-state index >= 15 is 0 Å². The SMILES string of the molecule is Cc1nc(SCC(=O)O[C@H](C)C(=O)N2CCCCCC2)c2c(C)c(C)sc2n1. The van der Waals surface area contributed by atoms with Crippen LogP contribution in [0.3, 0.4) is 0 Å². The highest BCUT2D eigenvalue weighted by molar-refractivity contribution is 8.00. The molecule has 0 aliphatic carbocycles. The molecule has 1 atom stereocenters. The van der Waals surface area contributed by atoms with Gasteiger partial charge in [0.2, 0.25) is 0 Å². The van der Waals surface area contributed by atoms with Crippen LogP contribution in [0.4, 0.5) is 0 Å². The van der Waals surface area contributed by atoms with E-state index in [9.17, 15) is 9.59 Å². The molecule has 0 N–H and O–H groups in total. The summed E-state index contributed by atoms with van der Waals surface area (Å²) >= 11 is 2.99. The molecule has 0 radical (unpaired) electrons. The second-order valence-electron chi connectivity index (χ2n) is 7.20. The van der Waals surface area contributed by atoms with Crippen LogP contribution in [0, 0.1) is 20.8 Å². The number of carbonyl (C=O) groups excluding carboxylic acids is 2. The number of esters is 1. The topological polar surface area (TPSA) is 72.4 Å². The summed E-state index contributed by atoms with van der Waals surface area (Å²) in [7, 11) is 0. The lowest BCUT2D eigenvalue weighted by Gasteiger charge is -2.23. The Morgan fingerprint density at radius 1 is 1.14 bits per heavy atom. The van der Waals surface area contributed by atoms with E-state index in [0.717, 1.165) is 59.6 Å². The molecule has 152 valence electrons. The summed E-state index contributed by atoms with van der Waals surface area (Å²) in [6, 6.07) is 0. The zero-order valence-electron chi connectivity index (χ0n) is 16.9. The number of hydrogen-bond donors (Lipinski definition) is 0. The number of thioether (sulfide) groups is 1. The molecular weight excluding hydrogens is 394 g/mol. The fraction of sp³-hybridized carbons (Fsp3) is 0.600. The van der Waals surface area contributed by atoms with Gasteiger partial charge in [-0.1, -0.05) is 24.6 Å². The smallest absolute Gasteiger partial charge is 0.317 e. The Labute approximate surface area is 174 Å². The number of fused-ring (bicyclic) bond motifs is 1. The van der Waals surface area contributed by atoms with Gasteiger partial charge in [0.1, 0.15) is 15.7 Å². The molecule has 1 aliphatic heterocycles. The van der Waals surface area contributed by atoms with Gasteiger partial charge in [-0.05, 0) is 46.1 Å². The standard InChI is InChI=1S/C20H27N3O3S2/c1-12-14(3)28-19-17(12)18(21-15(4)22-19)27-11-16(24)26-13(2)20(25)23-9-7-5-6-8-10-23/h13H,5-11H2,1-4H3/t13-/m1/s1. The normalized spacial score (nSPS) is 16.1. The van der Waals surface area contributed by atoms with Gasteiger partial charge in [-0.15, -0.1) is 11.3 Å². The molecule has 2 aromatic heterocycles. The summed E-state index contributed by atoms with van der Waals surface area (Å²) in [5, 5.41) is 1.81. The summed E-state index contributed by atoms with van der Waals surface area (Å²) in [5.41, 5.74) is 1.15. The minimum Gasteiger partial charge on any atom is -0.452 e. The van der Waals surface area contributed by atoms with E-state index in [2.05, 4.69) is 23.8 Å². The maximum atomic E-state index is 12.6. The average molecular weight is 422 g/mol. The predicted octanol–water partition coefficient (Wildman–Crippen LogP) is 4.04. The minimum atomic E-state index is -0.747. The van der Waals surface area contributed by atoms with Gasteiger partial charge in [0, 0.05) is 23.4 Å². The lowest BCUT2D eigenvalue weighted by molar-refractivity contribution is -0.157. The summed E-state index contributed by atoms with van der Waals surface area (Å²) in [6.45, 7) is 9.14. The molecular formula is C20H27N3O3S2. The van der Waals surface area contributed by atoms with Crippen LogP contribution in [-0.4, -0.2) is 51.7 Å². The van der Waals surface area contributed by atoms with Crippen LogP contribution in [0.25, 0.3) is 10.2 Å². The number of carbonyl (C=O) groups is 2. The molecule has 0 saturated carbocycles. The average Bonchev–Trinajstić information content (AvgIpc) is 2.84. The molecule has 1 amide bonds. The third-order valence-electron chi connectivity index (χ3n) is 5.01. The Balaban J connectivity index is 1.61. The highest BCUT2D eigenvalue weighted by Crippen LogP contribution is 2.35. The first-order valence-corrected chi connectivity index (χ1v) is 11.5. The van der Waals surface area contributed by atoms with E-state index in [4.69, 9.17) is 4.74 Å². The van der Waals surface area contributed by atoms with Crippen LogP contribution in [0.5, 0.6) is 0 Å².